The molecule has 1 aromatic heterocycles. The van der Waals surface area contributed by atoms with Gasteiger partial charge in [0, 0.05) is 13.1 Å². The van der Waals surface area contributed by atoms with E-state index in [0.717, 1.165) is 4.90 Å². The monoisotopic (exact) mass is 395 g/mol. The van der Waals surface area contributed by atoms with Gasteiger partial charge in [0.15, 0.2) is 17.6 Å². The van der Waals surface area contributed by atoms with Crippen LogP contribution in [-0.2, 0) is 19.1 Å². The molecule has 2 heterocycles. The lowest BCUT2D eigenvalue weighted by Crippen LogP contribution is -2.57. The van der Waals surface area contributed by atoms with E-state index in [1.165, 1.54) is 25.6 Å². The van der Waals surface area contributed by atoms with Crippen LogP contribution in [0.15, 0.2) is 23.0 Å². The number of nitrogens with one attached hydrogen (secondary N) is 1. The second-order valence-corrected chi connectivity index (χ2v) is 7.80. The summed E-state index contributed by atoms with van der Waals surface area (Å²) in [6.45, 7) is 5.38. The number of hydrogen-bond acceptors (Lipinski definition) is 7. The highest BCUT2D eigenvalue weighted by atomic mass is 16.6. The highest BCUT2D eigenvalue weighted by Gasteiger charge is 2.45. The summed E-state index contributed by atoms with van der Waals surface area (Å²) in [6, 6.07) is -0.691. The molecule has 154 valence electrons. The van der Waals surface area contributed by atoms with E-state index < -0.39 is 41.9 Å². The van der Waals surface area contributed by atoms with E-state index in [4.69, 9.17) is 19.6 Å². The number of nitrogens with zero attached hydrogens (tertiary/aromatic N) is 1. The van der Waals surface area contributed by atoms with E-state index in [9.17, 15) is 19.2 Å². The molecule has 0 aromatic carbocycles. The van der Waals surface area contributed by atoms with Crippen molar-refractivity contribution < 1.29 is 33.1 Å². The fourth-order valence-corrected chi connectivity index (χ4v) is 2.96. The third kappa shape index (κ3) is 5.32. The second kappa shape index (κ2) is 8.42. The molecule has 0 bridgehead atoms. The van der Waals surface area contributed by atoms with Crippen LogP contribution in [0, 0.1) is 5.41 Å². The van der Waals surface area contributed by atoms with Gasteiger partial charge in [0.2, 0.25) is 11.8 Å². The first kappa shape index (κ1) is 21.4. The molecule has 0 spiro atoms. The molecule has 0 radical (unpaired) electrons. The Labute approximate surface area is 162 Å². The zero-order valence-electron chi connectivity index (χ0n) is 16.3. The molecule has 28 heavy (non-hydrogen) atoms. The molecule has 3 atom stereocenters. The number of likely N-dealkylation sites (N-methyl/N-ethyl adjacent to an activating group) is 1. The highest BCUT2D eigenvalue weighted by molar-refractivity contribution is 5.99. The molecule has 1 aliphatic rings. The molecule has 1 aromatic rings. The number of amides is 3. The minimum absolute atomic E-state index is 0.181. The van der Waals surface area contributed by atoms with Gasteiger partial charge in [0.25, 0.3) is 0 Å². The van der Waals surface area contributed by atoms with Gasteiger partial charge in [-0.15, -0.1) is 0 Å². The average molecular weight is 395 g/mol. The summed E-state index contributed by atoms with van der Waals surface area (Å²) < 4.78 is 15.0. The molecule has 3 N–H and O–H groups in total. The van der Waals surface area contributed by atoms with Gasteiger partial charge in [0.1, 0.15) is 25.0 Å². The topological polar surface area (TPSA) is 141 Å². The van der Waals surface area contributed by atoms with Crippen molar-refractivity contribution in [3.63, 3.8) is 0 Å². The molecule has 0 aliphatic carbocycles. The van der Waals surface area contributed by atoms with Crippen molar-refractivity contribution in [2.75, 3.05) is 13.7 Å². The SMILES string of the molecule is CN(C(=O)[C@H](CC(C)(C)C)NC(=O)Oc1ccoc1)C1C(=O)COC1C(N)=O. The molecular weight excluding hydrogens is 370 g/mol. The van der Waals surface area contributed by atoms with Gasteiger partial charge in [-0.25, -0.2) is 4.79 Å². The van der Waals surface area contributed by atoms with Crippen LogP contribution in [0.2, 0.25) is 0 Å². The van der Waals surface area contributed by atoms with Crippen LogP contribution >= 0.6 is 0 Å². The third-order valence-corrected chi connectivity index (χ3v) is 4.18. The van der Waals surface area contributed by atoms with Crippen LogP contribution in [-0.4, -0.2) is 60.4 Å². The van der Waals surface area contributed by atoms with Gasteiger partial charge in [-0.05, 0) is 11.8 Å². The fourth-order valence-electron chi connectivity index (χ4n) is 2.96. The van der Waals surface area contributed by atoms with Gasteiger partial charge in [-0.2, -0.15) is 0 Å². The first-order chi connectivity index (χ1) is 13.0. The largest absolute Gasteiger partial charge is 0.469 e. The van der Waals surface area contributed by atoms with Gasteiger partial charge in [-0.1, -0.05) is 20.8 Å². The maximum Gasteiger partial charge on any atom is 0.413 e. The van der Waals surface area contributed by atoms with Gasteiger partial charge in [0.05, 0.1) is 6.26 Å². The van der Waals surface area contributed by atoms with E-state index in [2.05, 4.69) is 5.32 Å². The van der Waals surface area contributed by atoms with Crippen LogP contribution in [0.25, 0.3) is 0 Å². The van der Waals surface area contributed by atoms with Crippen LogP contribution in [0.3, 0.4) is 0 Å². The second-order valence-electron chi connectivity index (χ2n) is 7.80. The van der Waals surface area contributed by atoms with Gasteiger partial charge < -0.3 is 29.8 Å². The molecule has 1 aliphatic heterocycles. The minimum Gasteiger partial charge on any atom is -0.469 e. The Morgan fingerprint density at radius 1 is 1.39 bits per heavy atom. The van der Waals surface area contributed by atoms with Gasteiger partial charge >= 0.3 is 6.09 Å². The molecule has 10 nitrogen and oxygen atoms in total. The van der Waals surface area contributed by atoms with E-state index in [-0.39, 0.29) is 24.2 Å². The summed E-state index contributed by atoms with van der Waals surface area (Å²) in [4.78, 5) is 50.0. The van der Waals surface area contributed by atoms with E-state index in [0.29, 0.717) is 0 Å². The van der Waals surface area contributed by atoms with Crippen molar-refractivity contribution in [2.45, 2.75) is 45.4 Å². The van der Waals surface area contributed by atoms with E-state index >= 15 is 0 Å². The molecule has 2 rings (SSSR count). The summed E-state index contributed by atoms with van der Waals surface area (Å²) >= 11 is 0. The molecular formula is C18H25N3O7. The predicted molar refractivity (Wildman–Crippen MR) is 96.2 cm³/mol. The average Bonchev–Trinajstić information content (AvgIpc) is 3.21. The highest BCUT2D eigenvalue weighted by Crippen LogP contribution is 2.24. The Morgan fingerprint density at radius 3 is 2.61 bits per heavy atom. The Bertz CT molecular complexity index is 739. The Balaban J connectivity index is 2.16. The maximum absolute atomic E-state index is 13.0. The number of rotatable bonds is 6. The summed E-state index contributed by atoms with van der Waals surface area (Å²) in [5, 5.41) is 2.51. The number of Topliss-reactive ketones (excluding diaryl/α,β-unsaturated/α-hetero) is 1. The molecule has 10 heteroatoms. The number of nitrogens with two attached hydrogens (primary N) is 1. The first-order valence-electron chi connectivity index (χ1n) is 8.70. The summed E-state index contributed by atoms with van der Waals surface area (Å²) in [6.07, 6.45) is 0.759. The van der Waals surface area contributed by atoms with Crippen molar-refractivity contribution >= 4 is 23.7 Å². The normalized spacial score (nSPS) is 20.5. The Hall–Kier alpha value is -2.88. The first-order valence-corrected chi connectivity index (χ1v) is 8.70. The van der Waals surface area contributed by atoms with Crippen molar-refractivity contribution in [3.8, 4) is 5.75 Å². The molecule has 1 saturated heterocycles. The van der Waals surface area contributed by atoms with Crippen LogP contribution in [0.1, 0.15) is 27.2 Å². The quantitative estimate of drug-likeness (QED) is 0.712. The number of primary amides is 1. The number of ether oxygens (including phenoxy) is 2. The third-order valence-electron chi connectivity index (χ3n) is 4.18. The lowest BCUT2D eigenvalue weighted by molar-refractivity contribution is -0.141. The van der Waals surface area contributed by atoms with Crippen LogP contribution in [0.4, 0.5) is 4.79 Å². The molecule has 3 amide bonds. The standard InChI is InChI=1S/C18H25N3O7/c1-18(2,3)7-11(20-17(25)28-10-5-6-26-8-10)16(24)21(4)13-12(22)9-27-14(13)15(19)23/h5-6,8,11,13-14H,7,9H2,1-4H3,(H2,19,23)(H,20,25)/t11-,13?,14?/m0/s1. The number of carbonyl (C=O) groups is 4. The van der Waals surface area contributed by atoms with Gasteiger partial charge in [-0.3, -0.25) is 14.4 Å². The molecule has 0 saturated carbocycles. The Kier molecular flexibility index (Phi) is 6.45. The lowest BCUT2D eigenvalue weighted by Gasteiger charge is -2.32. The lowest BCUT2D eigenvalue weighted by atomic mass is 9.87. The molecule has 1 fully saturated rings. The summed E-state index contributed by atoms with van der Waals surface area (Å²) in [7, 11) is 1.37. The molecule has 2 unspecified atom stereocenters. The number of ketones is 1. The predicted octanol–water partition coefficient (Wildman–Crippen LogP) is 0.453. The summed E-state index contributed by atoms with van der Waals surface area (Å²) in [5.41, 5.74) is 4.94. The number of hydrogen-bond donors (Lipinski definition) is 2. The zero-order valence-corrected chi connectivity index (χ0v) is 16.3. The maximum atomic E-state index is 13.0. The van der Waals surface area contributed by atoms with Crippen molar-refractivity contribution in [1.82, 2.24) is 10.2 Å². The van der Waals surface area contributed by atoms with Crippen molar-refractivity contribution in [2.24, 2.45) is 11.1 Å². The smallest absolute Gasteiger partial charge is 0.413 e. The zero-order chi connectivity index (χ0) is 21.1. The van der Waals surface area contributed by atoms with E-state index in [1.807, 2.05) is 20.8 Å². The van der Waals surface area contributed by atoms with Crippen LogP contribution in [0.5, 0.6) is 5.75 Å². The fraction of sp³-hybridized carbons (Fsp3) is 0.556. The Morgan fingerprint density at radius 2 is 2.07 bits per heavy atom. The van der Waals surface area contributed by atoms with Crippen molar-refractivity contribution in [1.29, 1.82) is 0 Å². The number of furan rings is 1. The number of carbonyl (C=O) groups excluding carboxylic acids is 4. The van der Waals surface area contributed by atoms with E-state index in [1.54, 1.807) is 0 Å². The minimum atomic E-state index is -1.23. The van der Waals surface area contributed by atoms with Crippen LogP contribution < -0.4 is 15.8 Å². The summed E-state index contributed by atoms with van der Waals surface area (Å²) in [5.74, 6) is -1.65. The van der Waals surface area contributed by atoms with Crippen molar-refractivity contribution in [3.05, 3.63) is 18.6 Å².